The molecule has 1 atom stereocenters. The maximum absolute atomic E-state index is 12.5. The smallest absolute Gasteiger partial charge is 0.270 e. The molecule has 4 N–H and O–H groups in total. The maximum atomic E-state index is 12.5. The Kier molecular flexibility index (Phi) is 5.68. The van der Waals surface area contributed by atoms with Crippen LogP contribution in [0.25, 0.3) is 11.3 Å². The Morgan fingerprint density at radius 1 is 1.16 bits per heavy atom. The number of aryl methyl sites for hydroxylation is 1. The number of nitriles is 1. The summed E-state index contributed by atoms with van der Waals surface area (Å²) in [6.07, 6.45) is 0.754. The largest absolute Gasteiger partial charge is 0.344 e. The van der Waals surface area contributed by atoms with Crippen molar-refractivity contribution in [3.63, 3.8) is 0 Å². The Balaban J connectivity index is 1.64. The van der Waals surface area contributed by atoms with E-state index in [4.69, 9.17) is 0 Å². The average molecular weight is 428 g/mol. The quantitative estimate of drug-likeness (QED) is 0.492. The van der Waals surface area contributed by atoms with Gasteiger partial charge in [0.15, 0.2) is 0 Å². The highest BCUT2D eigenvalue weighted by Gasteiger charge is 2.27. The van der Waals surface area contributed by atoms with Crippen molar-refractivity contribution in [2.24, 2.45) is 0 Å². The zero-order valence-corrected chi connectivity index (χ0v) is 17.2. The molecule has 2 amide bonds. The second kappa shape index (κ2) is 8.73. The Morgan fingerprint density at radius 2 is 1.94 bits per heavy atom. The summed E-state index contributed by atoms with van der Waals surface area (Å²) in [5.74, 6) is -0.288. The van der Waals surface area contributed by atoms with Crippen LogP contribution >= 0.6 is 0 Å². The fourth-order valence-electron chi connectivity index (χ4n) is 3.40. The average Bonchev–Trinajstić information content (AvgIpc) is 3.22. The third kappa shape index (κ3) is 4.49. The van der Waals surface area contributed by atoms with Crippen molar-refractivity contribution in [1.29, 1.82) is 5.26 Å². The highest BCUT2D eigenvalue weighted by Crippen LogP contribution is 2.25. The molecule has 0 saturated carbocycles. The first-order valence-electron chi connectivity index (χ1n) is 10.0. The number of nitrogens with one attached hydrogen (secondary N) is 4. The summed E-state index contributed by atoms with van der Waals surface area (Å²) >= 11 is 0. The Bertz CT molecular complexity index is 1290. The Hall–Kier alpha value is -4.45. The van der Waals surface area contributed by atoms with E-state index in [2.05, 4.69) is 25.9 Å². The van der Waals surface area contributed by atoms with Crippen molar-refractivity contribution in [2.45, 2.75) is 25.8 Å². The van der Waals surface area contributed by atoms with Crippen molar-refractivity contribution in [3.8, 4) is 17.3 Å². The SMILES string of the molecule is Cc1ccc(Nc2nc(-c3cccc(NC(=O)C4CCC(=O)N4)c3)c(C#N)c(=O)[nH]2)cc1. The molecule has 1 aliphatic heterocycles. The summed E-state index contributed by atoms with van der Waals surface area (Å²) < 4.78 is 0. The van der Waals surface area contributed by atoms with Crippen molar-refractivity contribution in [3.05, 3.63) is 70.0 Å². The van der Waals surface area contributed by atoms with Gasteiger partial charge in [-0.1, -0.05) is 29.8 Å². The van der Waals surface area contributed by atoms with Crippen molar-refractivity contribution >= 4 is 29.1 Å². The van der Waals surface area contributed by atoms with E-state index in [1.165, 1.54) is 0 Å². The number of carbonyl (C=O) groups is 2. The van der Waals surface area contributed by atoms with Crippen LogP contribution in [0.5, 0.6) is 0 Å². The van der Waals surface area contributed by atoms with Gasteiger partial charge in [-0.3, -0.25) is 19.4 Å². The number of nitrogens with zero attached hydrogens (tertiary/aromatic N) is 2. The van der Waals surface area contributed by atoms with Gasteiger partial charge in [-0.25, -0.2) is 4.98 Å². The van der Waals surface area contributed by atoms with Crippen molar-refractivity contribution < 1.29 is 9.59 Å². The molecular formula is C23H20N6O3. The number of aromatic amines is 1. The molecule has 0 bridgehead atoms. The predicted octanol–water partition coefficient (Wildman–Crippen LogP) is 2.58. The number of aromatic nitrogens is 2. The van der Waals surface area contributed by atoms with E-state index in [0.717, 1.165) is 11.3 Å². The Labute approximate surface area is 183 Å². The predicted molar refractivity (Wildman–Crippen MR) is 119 cm³/mol. The number of benzene rings is 2. The highest BCUT2D eigenvalue weighted by molar-refractivity contribution is 5.99. The van der Waals surface area contributed by atoms with Crippen molar-refractivity contribution in [2.75, 3.05) is 10.6 Å². The minimum absolute atomic E-state index is 0.133. The molecule has 1 aromatic heterocycles. The number of amides is 2. The monoisotopic (exact) mass is 428 g/mol. The van der Waals surface area contributed by atoms with E-state index in [1.54, 1.807) is 24.3 Å². The Morgan fingerprint density at radius 3 is 2.62 bits per heavy atom. The third-order valence-corrected chi connectivity index (χ3v) is 5.06. The third-order valence-electron chi connectivity index (χ3n) is 5.06. The fourth-order valence-corrected chi connectivity index (χ4v) is 3.40. The van der Waals surface area contributed by atoms with Crippen LogP contribution < -0.4 is 21.5 Å². The van der Waals surface area contributed by atoms with E-state index in [0.29, 0.717) is 24.1 Å². The van der Waals surface area contributed by atoms with Gasteiger partial charge >= 0.3 is 0 Å². The van der Waals surface area contributed by atoms with Gasteiger partial charge in [-0.05, 0) is 37.6 Å². The fraction of sp³-hybridized carbons (Fsp3) is 0.174. The first-order chi connectivity index (χ1) is 15.4. The second-order valence-corrected chi connectivity index (χ2v) is 7.47. The molecule has 1 saturated heterocycles. The molecule has 9 nitrogen and oxygen atoms in total. The lowest BCUT2D eigenvalue weighted by molar-refractivity contribution is -0.122. The number of anilines is 3. The molecule has 2 heterocycles. The van der Waals surface area contributed by atoms with Gasteiger partial charge < -0.3 is 16.0 Å². The summed E-state index contributed by atoms with van der Waals surface area (Å²) in [6.45, 7) is 1.97. The zero-order chi connectivity index (χ0) is 22.7. The van der Waals surface area contributed by atoms with Crippen molar-refractivity contribution in [1.82, 2.24) is 15.3 Å². The molecule has 160 valence electrons. The molecule has 3 aromatic rings. The van der Waals surface area contributed by atoms with Gasteiger partial charge in [0.1, 0.15) is 17.7 Å². The van der Waals surface area contributed by atoms with Crippen LogP contribution in [-0.2, 0) is 9.59 Å². The van der Waals surface area contributed by atoms with Gasteiger partial charge in [0.2, 0.25) is 17.8 Å². The molecule has 9 heteroatoms. The second-order valence-electron chi connectivity index (χ2n) is 7.47. The van der Waals surface area contributed by atoms with E-state index in [1.807, 2.05) is 37.3 Å². The van der Waals surface area contributed by atoms with Crippen LogP contribution in [0.15, 0.2) is 53.3 Å². The summed E-state index contributed by atoms with van der Waals surface area (Å²) in [7, 11) is 0. The minimum Gasteiger partial charge on any atom is -0.344 e. The maximum Gasteiger partial charge on any atom is 0.270 e. The lowest BCUT2D eigenvalue weighted by Crippen LogP contribution is -2.37. The molecule has 0 spiro atoms. The van der Waals surface area contributed by atoms with Crippen LogP contribution in [0.2, 0.25) is 0 Å². The molecule has 0 aliphatic carbocycles. The molecular weight excluding hydrogens is 408 g/mol. The van der Waals surface area contributed by atoms with Crippen LogP contribution in [-0.4, -0.2) is 27.8 Å². The summed E-state index contributed by atoms with van der Waals surface area (Å²) in [4.78, 5) is 43.3. The lowest BCUT2D eigenvalue weighted by Gasteiger charge is -2.13. The molecule has 2 aromatic carbocycles. The van der Waals surface area contributed by atoms with E-state index in [9.17, 15) is 19.6 Å². The van der Waals surface area contributed by atoms with Gasteiger partial charge in [-0.15, -0.1) is 0 Å². The molecule has 1 fully saturated rings. The summed E-state index contributed by atoms with van der Waals surface area (Å²) in [5.41, 5.74) is 2.26. The van der Waals surface area contributed by atoms with Gasteiger partial charge in [0.05, 0.1) is 5.69 Å². The topological polar surface area (TPSA) is 140 Å². The molecule has 4 rings (SSSR count). The zero-order valence-electron chi connectivity index (χ0n) is 17.2. The highest BCUT2D eigenvalue weighted by atomic mass is 16.2. The molecule has 32 heavy (non-hydrogen) atoms. The number of hydrogen-bond donors (Lipinski definition) is 4. The minimum atomic E-state index is -0.580. The van der Waals surface area contributed by atoms with Crippen LogP contribution in [0.3, 0.4) is 0 Å². The van der Waals surface area contributed by atoms with Crippen LogP contribution in [0.4, 0.5) is 17.3 Å². The number of rotatable bonds is 5. The first kappa shape index (κ1) is 20.8. The van der Waals surface area contributed by atoms with Crippen LogP contribution in [0, 0.1) is 18.3 Å². The molecule has 0 radical (unpaired) electrons. The number of hydrogen-bond acceptors (Lipinski definition) is 6. The first-order valence-corrected chi connectivity index (χ1v) is 10.0. The molecule has 1 aliphatic rings. The normalized spacial score (nSPS) is 15.0. The summed E-state index contributed by atoms with van der Waals surface area (Å²) in [6, 6.07) is 15.6. The lowest BCUT2D eigenvalue weighted by atomic mass is 10.1. The van der Waals surface area contributed by atoms with Gasteiger partial charge in [0.25, 0.3) is 5.56 Å². The van der Waals surface area contributed by atoms with E-state index >= 15 is 0 Å². The van der Waals surface area contributed by atoms with E-state index < -0.39 is 11.6 Å². The van der Waals surface area contributed by atoms with Gasteiger partial charge in [0, 0.05) is 23.4 Å². The number of carbonyl (C=O) groups excluding carboxylic acids is 2. The van der Waals surface area contributed by atoms with Crippen LogP contribution in [0.1, 0.15) is 24.0 Å². The van der Waals surface area contributed by atoms with E-state index in [-0.39, 0.29) is 29.0 Å². The number of H-pyrrole nitrogens is 1. The summed E-state index contributed by atoms with van der Waals surface area (Å²) in [5, 5.41) is 17.9. The molecule has 1 unspecified atom stereocenters. The standard InChI is InChI=1S/C23H20N6O3/c1-13-5-7-15(8-6-13)26-23-28-20(17(12-24)21(31)29-23)14-3-2-4-16(11-14)25-22(32)18-9-10-19(30)27-18/h2-8,11,18H,9-10H2,1H3,(H,25,32)(H,27,30)(H2,26,28,29,31). The van der Waals surface area contributed by atoms with Gasteiger partial charge in [-0.2, -0.15) is 5.26 Å².